The van der Waals surface area contributed by atoms with Gasteiger partial charge in [0.15, 0.2) is 23.6 Å². The molecule has 1 saturated heterocycles. The molecule has 11 atom stereocenters. The van der Waals surface area contributed by atoms with Crippen molar-refractivity contribution in [3.63, 3.8) is 0 Å². The van der Waals surface area contributed by atoms with Crippen molar-refractivity contribution in [3.8, 4) is 0 Å². The van der Waals surface area contributed by atoms with E-state index in [1.807, 2.05) is 0 Å². The van der Waals surface area contributed by atoms with Crippen LogP contribution in [0.2, 0.25) is 0 Å². The first-order chi connectivity index (χ1) is 37.9. The molecule has 1 heterocycles. The number of fused-ring (bicyclic) bond motifs is 5. The van der Waals surface area contributed by atoms with Crippen molar-refractivity contribution in [2.45, 2.75) is 128 Å². The molecule has 3 aliphatic carbocycles. The number of nitrogens with zero attached hydrogens (tertiary/aromatic N) is 1. The standard InChI is InChI=1S/C47H51NO14.C11H11F3N2O3/c1-25-31(60-43(56)36(52)35(28-16-10-7-11-17-28)48-41(54)29-18-12-8-13-19-29)23-47(57)40(61-42(55)30-20-14-9-15-21-30)38-45(6,32(51)22-33-46(38,24-58-33)62-27(3)50)39(53)37(59-26(2)49)34(25)44(47,4)5;1-6(2)10(17)15-7-3-4-9(16(18)19)8(5-7)11(12,13)14/h7-21,31-33,35-38,40,51-52,57H,22-24H2,1-6H3,(H,48,54);3-6H,1-2H3,(H,15,17)/t31-,32-,33+,35-,36+,37+,38-,40-,45+,46-,47+;/m0./s1. The number of nitro benzene ring substituents is 1. The highest BCUT2D eigenvalue weighted by Crippen LogP contribution is 2.64. The Morgan fingerprint density at radius 2 is 1.42 bits per heavy atom. The molecule has 23 heteroatoms. The molecule has 1 aliphatic heterocycles. The Morgan fingerprint density at radius 3 is 1.94 bits per heavy atom. The zero-order valence-corrected chi connectivity index (χ0v) is 45.3. The number of benzene rings is 4. The number of ether oxygens (including phenoxy) is 5. The fourth-order valence-corrected chi connectivity index (χ4v) is 11.5. The highest BCUT2D eigenvalue weighted by molar-refractivity contribution is 5.96. The van der Waals surface area contributed by atoms with Crippen molar-refractivity contribution in [2.75, 3.05) is 11.9 Å². The molecule has 3 fully saturated rings. The molecule has 0 aromatic heterocycles. The summed E-state index contributed by atoms with van der Waals surface area (Å²) in [6.45, 7) is 11.1. The summed E-state index contributed by atoms with van der Waals surface area (Å²) < 4.78 is 68.3. The van der Waals surface area contributed by atoms with Crippen molar-refractivity contribution >= 4 is 52.8 Å². The van der Waals surface area contributed by atoms with Gasteiger partial charge < -0.3 is 49.6 Å². The molecule has 4 aromatic rings. The molecule has 2 saturated carbocycles. The Kier molecular flexibility index (Phi) is 17.5. The number of hydrogen-bond acceptors (Lipinski definition) is 17. The van der Waals surface area contributed by atoms with Gasteiger partial charge in [-0.05, 0) is 67.0 Å². The molecular weight excluding hydrogens is 1070 g/mol. The lowest BCUT2D eigenvalue weighted by molar-refractivity contribution is -0.388. The summed E-state index contributed by atoms with van der Waals surface area (Å²) in [6, 6.07) is 25.3. The van der Waals surface area contributed by atoms with Crippen LogP contribution in [0.1, 0.15) is 106 Å². The van der Waals surface area contributed by atoms with Gasteiger partial charge >= 0.3 is 30.1 Å². The van der Waals surface area contributed by atoms with Crippen LogP contribution in [0.25, 0.3) is 0 Å². The molecule has 0 radical (unpaired) electrons. The summed E-state index contributed by atoms with van der Waals surface area (Å²) in [5.41, 5.74) is -9.58. The lowest BCUT2D eigenvalue weighted by Crippen LogP contribution is -2.82. The fourth-order valence-electron chi connectivity index (χ4n) is 11.5. The number of nitro groups is 1. The Labute approximate surface area is 463 Å². The first kappa shape index (κ1) is 60.8. The maximum Gasteiger partial charge on any atom is 0.423 e. The van der Waals surface area contributed by atoms with Crippen LogP contribution in [0.15, 0.2) is 120 Å². The van der Waals surface area contributed by atoms with Gasteiger partial charge in [-0.1, -0.05) is 94.4 Å². The van der Waals surface area contributed by atoms with Gasteiger partial charge in [0.05, 0.1) is 40.6 Å². The average Bonchev–Trinajstić information content (AvgIpc) is 3.41. The second kappa shape index (κ2) is 23.3. The second-order valence-electron chi connectivity index (χ2n) is 21.5. The molecule has 2 amide bonds. The molecule has 81 heavy (non-hydrogen) atoms. The number of Topliss-reactive ketones (excluding diaryl/α,β-unsaturated/α-hetero) is 1. The maximum absolute atomic E-state index is 15.5. The van der Waals surface area contributed by atoms with E-state index < -0.39 is 147 Å². The summed E-state index contributed by atoms with van der Waals surface area (Å²) in [6.07, 6.45) is -15.4. The minimum absolute atomic E-state index is 0.00289. The number of ketones is 1. The predicted molar refractivity (Wildman–Crippen MR) is 279 cm³/mol. The quantitative estimate of drug-likeness (QED) is 0.0298. The molecule has 4 aliphatic rings. The van der Waals surface area contributed by atoms with Crippen molar-refractivity contribution in [1.82, 2.24) is 5.32 Å². The molecule has 2 bridgehead atoms. The Balaban J connectivity index is 0.000000423. The van der Waals surface area contributed by atoms with Gasteiger partial charge in [0.2, 0.25) is 5.91 Å². The third kappa shape index (κ3) is 11.7. The van der Waals surface area contributed by atoms with Gasteiger partial charge in [0.25, 0.3) is 11.6 Å². The molecule has 0 unspecified atom stereocenters. The van der Waals surface area contributed by atoms with E-state index in [-0.39, 0.29) is 41.0 Å². The van der Waals surface area contributed by atoms with Gasteiger partial charge in [0.1, 0.15) is 29.5 Å². The number of amides is 2. The second-order valence-corrected chi connectivity index (χ2v) is 21.5. The van der Waals surface area contributed by atoms with Crippen LogP contribution in [-0.2, 0) is 53.8 Å². The summed E-state index contributed by atoms with van der Waals surface area (Å²) in [4.78, 5) is 104. The zero-order chi connectivity index (χ0) is 59.7. The van der Waals surface area contributed by atoms with Crippen LogP contribution in [0.3, 0.4) is 0 Å². The van der Waals surface area contributed by atoms with Gasteiger partial charge in [-0.15, -0.1) is 0 Å². The van der Waals surface area contributed by atoms with Crippen LogP contribution < -0.4 is 10.6 Å². The Bertz CT molecular complexity index is 3120. The number of rotatable bonds is 13. The number of hydrogen-bond donors (Lipinski definition) is 5. The number of carbonyl (C=O) groups excluding carboxylic acids is 7. The first-order valence-electron chi connectivity index (χ1n) is 25.8. The van der Waals surface area contributed by atoms with Gasteiger partial charge in [-0.25, -0.2) is 9.59 Å². The van der Waals surface area contributed by atoms with E-state index in [0.29, 0.717) is 11.6 Å². The third-order valence-corrected chi connectivity index (χ3v) is 15.8. The summed E-state index contributed by atoms with van der Waals surface area (Å²) >= 11 is 0. The number of esters is 4. The van der Waals surface area contributed by atoms with E-state index >= 15 is 4.79 Å². The van der Waals surface area contributed by atoms with Crippen molar-refractivity contribution in [2.24, 2.45) is 22.7 Å². The minimum atomic E-state index is -4.86. The van der Waals surface area contributed by atoms with E-state index in [4.69, 9.17) is 23.7 Å². The number of halogens is 3. The normalized spacial score (nSPS) is 27.1. The molecule has 0 spiro atoms. The smallest absolute Gasteiger partial charge is 0.423 e. The lowest BCUT2D eigenvalue weighted by Gasteiger charge is -2.67. The highest BCUT2D eigenvalue weighted by Gasteiger charge is 2.78. The Morgan fingerprint density at radius 1 is 0.840 bits per heavy atom. The van der Waals surface area contributed by atoms with E-state index in [2.05, 4.69) is 10.6 Å². The molecule has 432 valence electrons. The number of aliphatic hydroxyl groups is 3. The van der Waals surface area contributed by atoms with Gasteiger partial charge in [-0.2, -0.15) is 13.2 Å². The molecular formula is C58H62F3N3O17. The van der Waals surface area contributed by atoms with Crippen LogP contribution >= 0.6 is 0 Å². The van der Waals surface area contributed by atoms with Crippen LogP contribution in [0.4, 0.5) is 24.5 Å². The summed E-state index contributed by atoms with van der Waals surface area (Å²) in [5.74, 6) is -7.72. The SMILES string of the molecule is CC(=O)O[C@H]1C(=O)[C@@]2(C)[C@H]([C@H](OC(=O)c3ccccc3)[C@]3(O)C[C@H](OC(=O)[C@H](O)[C@@H](NC(=O)c4ccccc4)c4ccccc4)C(C)=C1C3(C)C)[C@]1(OC(C)=O)CO[C@@H]1C[C@@H]2O.CC(C)C(=O)Nc1ccc([N+](=O)[O-])c(C(F)(F)F)c1. The summed E-state index contributed by atoms with van der Waals surface area (Å²) in [5, 5.41) is 53.0. The first-order valence-corrected chi connectivity index (χ1v) is 25.8. The largest absolute Gasteiger partial charge is 0.456 e. The zero-order valence-electron chi connectivity index (χ0n) is 45.3. The van der Waals surface area contributed by atoms with E-state index in [0.717, 1.165) is 26.0 Å². The number of anilines is 1. The molecule has 5 N–H and O–H groups in total. The van der Waals surface area contributed by atoms with E-state index in [9.17, 15) is 67.4 Å². The van der Waals surface area contributed by atoms with Crippen molar-refractivity contribution < 1.29 is 90.7 Å². The summed E-state index contributed by atoms with van der Waals surface area (Å²) in [7, 11) is 0. The number of carbonyl (C=O) groups is 7. The minimum Gasteiger partial charge on any atom is -0.456 e. The third-order valence-electron chi connectivity index (χ3n) is 15.8. The van der Waals surface area contributed by atoms with Crippen LogP contribution in [0, 0.1) is 32.8 Å². The predicted octanol–water partition coefficient (Wildman–Crippen LogP) is 6.94. The van der Waals surface area contributed by atoms with Crippen LogP contribution in [0.5, 0.6) is 0 Å². The average molecular weight is 1130 g/mol. The maximum atomic E-state index is 15.5. The van der Waals surface area contributed by atoms with Crippen molar-refractivity contribution in [1.29, 1.82) is 0 Å². The van der Waals surface area contributed by atoms with Gasteiger partial charge in [0, 0.05) is 55.3 Å². The molecule has 20 nitrogen and oxygen atoms in total. The van der Waals surface area contributed by atoms with Crippen LogP contribution in [-0.4, -0.2) is 116 Å². The van der Waals surface area contributed by atoms with E-state index in [1.54, 1.807) is 107 Å². The monoisotopic (exact) mass is 1130 g/mol. The number of alkyl halides is 3. The molecule has 8 rings (SSSR count). The highest BCUT2D eigenvalue weighted by atomic mass is 19.4. The van der Waals surface area contributed by atoms with Gasteiger partial charge in [-0.3, -0.25) is 34.1 Å². The Hall–Kier alpha value is -7.86. The molecule has 4 aromatic carbocycles. The number of aliphatic hydroxyl groups excluding tert-OH is 2. The van der Waals surface area contributed by atoms with Crippen molar-refractivity contribution in [3.05, 3.63) is 153 Å². The topological polar surface area (TPSA) is 294 Å². The fraction of sp³-hybridized carbons (Fsp3) is 0.431. The number of nitrogens with one attached hydrogen (secondary N) is 2. The van der Waals surface area contributed by atoms with E-state index in [1.165, 1.54) is 26.0 Å². The lowest BCUT2D eigenvalue weighted by atomic mass is 9.44.